The topological polar surface area (TPSA) is 37.3 Å². The highest BCUT2D eigenvalue weighted by molar-refractivity contribution is 6.01. The number of ketones is 1. The molecule has 0 aromatic heterocycles. The second-order valence-electron chi connectivity index (χ2n) is 3.82. The average molecular weight is 214 g/mol. The average Bonchev–Trinajstić information content (AvgIpc) is 2.39. The lowest BCUT2D eigenvalue weighted by Crippen LogP contribution is -2.14. The molecule has 1 aliphatic carbocycles. The van der Waals surface area contributed by atoms with Crippen molar-refractivity contribution in [3.8, 4) is 0 Å². The summed E-state index contributed by atoms with van der Waals surface area (Å²) in [5.41, 5.74) is 1.26. The Bertz CT molecular complexity index is 429. The van der Waals surface area contributed by atoms with Crippen LogP contribution in [0.1, 0.15) is 24.5 Å². The summed E-state index contributed by atoms with van der Waals surface area (Å²) < 4.78 is 0. The molecule has 0 radical (unpaired) electrons. The lowest BCUT2D eigenvalue weighted by Gasteiger charge is -2.12. The highest BCUT2D eigenvalue weighted by atomic mass is 16.3. The fourth-order valence-corrected chi connectivity index (χ4v) is 1.74. The molecule has 2 nitrogen and oxygen atoms in total. The maximum Gasteiger partial charge on any atom is 0.195 e. The minimum Gasteiger partial charge on any atom is -0.380 e. The van der Waals surface area contributed by atoms with Crippen molar-refractivity contribution < 1.29 is 9.90 Å². The van der Waals surface area contributed by atoms with E-state index >= 15 is 0 Å². The van der Waals surface area contributed by atoms with E-state index in [1.165, 1.54) is 0 Å². The van der Waals surface area contributed by atoms with Crippen molar-refractivity contribution in [3.05, 3.63) is 59.7 Å². The van der Waals surface area contributed by atoms with Crippen LogP contribution in [-0.4, -0.2) is 10.9 Å². The number of carbonyl (C=O) groups excluding carboxylic acids is 1. The van der Waals surface area contributed by atoms with Gasteiger partial charge in [-0.2, -0.15) is 0 Å². The molecule has 0 spiro atoms. The van der Waals surface area contributed by atoms with Crippen LogP contribution in [0, 0.1) is 0 Å². The lowest BCUT2D eigenvalue weighted by atomic mass is 9.96. The Morgan fingerprint density at radius 2 is 1.94 bits per heavy atom. The molecule has 0 bridgehead atoms. The van der Waals surface area contributed by atoms with Crippen LogP contribution in [0.2, 0.25) is 0 Å². The first-order valence-corrected chi connectivity index (χ1v) is 5.43. The summed E-state index contributed by atoms with van der Waals surface area (Å²) in [5, 5.41) is 9.92. The van der Waals surface area contributed by atoms with Crippen molar-refractivity contribution in [1.29, 1.82) is 0 Å². The van der Waals surface area contributed by atoms with E-state index in [1.807, 2.05) is 30.4 Å². The van der Waals surface area contributed by atoms with Crippen LogP contribution in [0.5, 0.6) is 0 Å². The maximum absolute atomic E-state index is 11.9. The first-order chi connectivity index (χ1) is 7.79. The molecule has 1 aromatic rings. The highest BCUT2D eigenvalue weighted by Crippen LogP contribution is 2.20. The fourth-order valence-electron chi connectivity index (χ4n) is 1.74. The second kappa shape index (κ2) is 4.90. The first kappa shape index (κ1) is 10.8. The molecule has 2 rings (SSSR count). The van der Waals surface area contributed by atoms with E-state index in [0.29, 0.717) is 11.1 Å². The highest BCUT2D eigenvalue weighted by Gasteiger charge is 2.19. The Kier molecular flexibility index (Phi) is 3.32. The number of hydrogen-bond donors (Lipinski definition) is 1. The standard InChI is InChI=1S/C14H14O2/c15-13(11-7-3-1-4-8-11)14(16)12-9-5-2-6-10-12/h1,3-5,7-10,13,15H,2,6H2. The van der Waals surface area contributed by atoms with Crippen LogP contribution in [0.15, 0.2) is 54.1 Å². The van der Waals surface area contributed by atoms with Gasteiger partial charge in [-0.05, 0) is 18.4 Å². The molecule has 1 unspecified atom stereocenters. The molecule has 0 saturated heterocycles. The molecule has 82 valence electrons. The molecule has 1 atom stereocenters. The lowest BCUT2D eigenvalue weighted by molar-refractivity contribution is -0.123. The van der Waals surface area contributed by atoms with Crippen molar-refractivity contribution >= 4 is 5.78 Å². The van der Waals surface area contributed by atoms with Gasteiger partial charge in [0.25, 0.3) is 0 Å². The van der Waals surface area contributed by atoms with Gasteiger partial charge in [0.2, 0.25) is 0 Å². The van der Waals surface area contributed by atoms with Gasteiger partial charge in [-0.1, -0.05) is 48.6 Å². The zero-order chi connectivity index (χ0) is 11.4. The Morgan fingerprint density at radius 1 is 1.19 bits per heavy atom. The van der Waals surface area contributed by atoms with Gasteiger partial charge in [-0.25, -0.2) is 0 Å². The van der Waals surface area contributed by atoms with Crippen LogP contribution in [0.25, 0.3) is 0 Å². The predicted molar refractivity (Wildman–Crippen MR) is 62.9 cm³/mol. The summed E-state index contributed by atoms with van der Waals surface area (Å²) in [6.45, 7) is 0. The predicted octanol–water partition coefficient (Wildman–Crippen LogP) is 2.57. The van der Waals surface area contributed by atoms with Crippen LogP contribution in [-0.2, 0) is 4.79 Å². The normalized spacial score (nSPS) is 16.7. The molecule has 1 N–H and O–H groups in total. The molecule has 0 fully saturated rings. The number of rotatable bonds is 3. The molecule has 1 aliphatic rings. The van der Waals surface area contributed by atoms with Crippen LogP contribution < -0.4 is 0 Å². The van der Waals surface area contributed by atoms with E-state index in [9.17, 15) is 9.90 Å². The third kappa shape index (κ3) is 2.28. The molecule has 0 aliphatic heterocycles. The Balaban J connectivity index is 2.16. The second-order valence-corrected chi connectivity index (χ2v) is 3.82. The monoisotopic (exact) mass is 214 g/mol. The van der Waals surface area contributed by atoms with Gasteiger partial charge in [0, 0.05) is 5.57 Å². The van der Waals surface area contributed by atoms with Gasteiger partial charge in [-0.3, -0.25) is 4.79 Å². The number of benzene rings is 1. The molecule has 0 heterocycles. The molecule has 0 saturated carbocycles. The van der Waals surface area contributed by atoms with Crippen molar-refractivity contribution in [2.24, 2.45) is 0 Å². The van der Waals surface area contributed by atoms with E-state index < -0.39 is 6.10 Å². The summed E-state index contributed by atoms with van der Waals surface area (Å²) in [4.78, 5) is 11.9. The van der Waals surface area contributed by atoms with Gasteiger partial charge in [0.05, 0.1) is 0 Å². The third-order valence-electron chi connectivity index (χ3n) is 2.64. The largest absolute Gasteiger partial charge is 0.380 e. The number of aliphatic hydroxyl groups excluding tert-OH is 1. The summed E-state index contributed by atoms with van der Waals surface area (Å²) in [5.74, 6) is -0.220. The van der Waals surface area contributed by atoms with Crippen LogP contribution >= 0.6 is 0 Å². The summed E-state index contributed by atoms with van der Waals surface area (Å²) >= 11 is 0. The number of hydrogen-bond acceptors (Lipinski definition) is 2. The summed E-state index contributed by atoms with van der Waals surface area (Å²) in [6, 6.07) is 9.01. The number of aliphatic hydroxyl groups is 1. The Labute approximate surface area is 94.9 Å². The zero-order valence-corrected chi connectivity index (χ0v) is 8.97. The molecule has 16 heavy (non-hydrogen) atoms. The molecule has 1 aromatic carbocycles. The molecular weight excluding hydrogens is 200 g/mol. The van der Waals surface area contributed by atoms with Gasteiger partial charge < -0.3 is 5.11 Å². The number of allylic oxidation sites excluding steroid dienone is 3. The van der Waals surface area contributed by atoms with Crippen LogP contribution in [0.3, 0.4) is 0 Å². The van der Waals surface area contributed by atoms with E-state index in [-0.39, 0.29) is 5.78 Å². The minimum atomic E-state index is -1.05. The molecule has 2 heteroatoms. The SMILES string of the molecule is O=C(C1=CCCC=C1)C(O)c1ccccc1. The van der Waals surface area contributed by atoms with E-state index in [0.717, 1.165) is 12.8 Å². The summed E-state index contributed by atoms with van der Waals surface area (Å²) in [6.07, 6.45) is 6.43. The van der Waals surface area contributed by atoms with Crippen molar-refractivity contribution in [2.75, 3.05) is 0 Å². The van der Waals surface area contributed by atoms with Gasteiger partial charge in [0.1, 0.15) is 6.10 Å². The van der Waals surface area contributed by atoms with Gasteiger partial charge in [0.15, 0.2) is 5.78 Å². The van der Waals surface area contributed by atoms with Crippen LogP contribution in [0.4, 0.5) is 0 Å². The third-order valence-corrected chi connectivity index (χ3v) is 2.64. The number of carbonyl (C=O) groups is 1. The first-order valence-electron chi connectivity index (χ1n) is 5.43. The van der Waals surface area contributed by atoms with Gasteiger partial charge >= 0.3 is 0 Å². The molecular formula is C14H14O2. The van der Waals surface area contributed by atoms with Crippen molar-refractivity contribution in [1.82, 2.24) is 0 Å². The minimum absolute atomic E-state index is 0.220. The van der Waals surface area contributed by atoms with E-state index in [2.05, 4.69) is 0 Å². The zero-order valence-electron chi connectivity index (χ0n) is 8.97. The number of Topliss-reactive ketones (excluding diaryl/α,β-unsaturated/α-hetero) is 1. The summed E-state index contributed by atoms with van der Waals surface area (Å²) in [7, 11) is 0. The Morgan fingerprint density at radius 3 is 2.56 bits per heavy atom. The molecule has 0 amide bonds. The fraction of sp³-hybridized carbons (Fsp3) is 0.214. The van der Waals surface area contributed by atoms with E-state index in [4.69, 9.17) is 0 Å². The van der Waals surface area contributed by atoms with E-state index in [1.54, 1.807) is 18.2 Å². The van der Waals surface area contributed by atoms with Gasteiger partial charge in [-0.15, -0.1) is 0 Å². The maximum atomic E-state index is 11.9. The quantitative estimate of drug-likeness (QED) is 0.839. The van der Waals surface area contributed by atoms with Crippen molar-refractivity contribution in [3.63, 3.8) is 0 Å². The Hall–Kier alpha value is -1.67. The van der Waals surface area contributed by atoms with Crippen molar-refractivity contribution in [2.45, 2.75) is 18.9 Å². The smallest absolute Gasteiger partial charge is 0.195 e.